The molecule has 0 radical (unpaired) electrons. The molecule has 0 heterocycles. The molecule has 1 atom stereocenters. The summed E-state index contributed by atoms with van der Waals surface area (Å²) in [7, 11) is 0. The van der Waals surface area contributed by atoms with Crippen LogP contribution in [0.4, 0.5) is 22.0 Å². The summed E-state index contributed by atoms with van der Waals surface area (Å²) >= 11 is 0. The molecule has 1 rings (SSSR count). The fourth-order valence-electron chi connectivity index (χ4n) is 2.54. The van der Waals surface area contributed by atoms with E-state index >= 15 is 0 Å². The molecule has 0 aliphatic heterocycles. The van der Waals surface area contributed by atoms with E-state index in [-0.39, 0.29) is 19.3 Å². The van der Waals surface area contributed by atoms with Crippen LogP contribution < -0.4 is 0 Å². The lowest BCUT2D eigenvalue weighted by Gasteiger charge is -2.45. The Labute approximate surface area is 132 Å². The molecule has 23 heavy (non-hydrogen) atoms. The van der Waals surface area contributed by atoms with Crippen molar-refractivity contribution in [2.75, 3.05) is 0 Å². The minimum absolute atomic E-state index is 0.208. The van der Waals surface area contributed by atoms with Gasteiger partial charge >= 0.3 is 18.1 Å². The average Bonchev–Trinajstić information content (AvgIpc) is 2.46. The van der Waals surface area contributed by atoms with Gasteiger partial charge < -0.3 is 9.84 Å². The van der Waals surface area contributed by atoms with Crippen LogP contribution in [0.1, 0.15) is 59.3 Å². The number of rotatable bonds is 5. The van der Waals surface area contributed by atoms with E-state index in [9.17, 15) is 26.7 Å². The van der Waals surface area contributed by atoms with Crippen molar-refractivity contribution in [2.45, 2.75) is 83.1 Å². The Morgan fingerprint density at radius 2 is 1.61 bits per heavy atom. The Kier molecular flexibility index (Phi) is 5.71. The lowest BCUT2D eigenvalue weighted by Crippen LogP contribution is -2.62. The molecule has 0 aromatic heterocycles. The molecule has 1 saturated carbocycles. The van der Waals surface area contributed by atoms with Crippen LogP contribution in [0.25, 0.3) is 0 Å². The molecule has 0 aromatic carbocycles. The molecule has 1 fully saturated rings. The molecular weight excluding hydrogens is 323 g/mol. The minimum Gasteiger partial charge on any atom is -0.452 e. The van der Waals surface area contributed by atoms with Crippen molar-refractivity contribution in [3.63, 3.8) is 0 Å². The van der Waals surface area contributed by atoms with Gasteiger partial charge in [-0.05, 0) is 46.0 Å². The van der Waals surface area contributed by atoms with Crippen LogP contribution >= 0.6 is 0 Å². The minimum atomic E-state index is -5.50. The highest BCUT2D eigenvalue weighted by atomic mass is 19.4. The molecule has 1 unspecified atom stereocenters. The van der Waals surface area contributed by atoms with E-state index in [2.05, 4.69) is 0 Å². The second kappa shape index (κ2) is 6.53. The van der Waals surface area contributed by atoms with E-state index in [0.29, 0.717) is 6.42 Å². The van der Waals surface area contributed by atoms with Crippen molar-refractivity contribution in [3.8, 4) is 0 Å². The van der Waals surface area contributed by atoms with Gasteiger partial charge in [0, 0.05) is 0 Å². The molecule has 1 aliphatic carbocycles. The number of hydrogen-bond donors (Lipinski definition) is 1. The lowest BCUT2D eigenvalue weighted by atomic mass is 9.77. The van der Waals surface area contributed by atoms with Gasteiger partial charge in [-0.15, -0.1) is 0 Å². The fraction of sp³-hybridized carbons (Fsp3) is 0.933. The van der Waals surface area contributed by atoms with Crippen LogP contribution in [0.5, 0.6) is 0 Å². The van der Waals surface area contributed by atoms with Gasteiger partial charge in [0.25, 0.3) is 0 Å². The van der Waals surface area contributed by atoms with Crippen LogP contribution in [0.15, 0.2) is 0 Å². The topological polar surface area (TPSA) is 46.5 Å². The summed E-state index contributed by atoms with van der Waals surface area (Å²) in [5.41, 5.74) is -3.71. The first-order chi connectivity index (χ1) is 10.3. The predicted octanol–water partition coefficient (Wildman–Crippen LogP) is 4.23. The Balaban J connectivity index is 3.19. The largest absolute Gasteiger partial charge is 0.452 e. The number of aliphatic hydroxyl groups is 1. The molecule has 1 N–H and O–H groups in total. The van der Waals surface area contributed by atoms with Crippen LogP contribution in [-0.2, 0) is 9.53 Å². The second-order valence-corrected chi connectivity index (χ2v) is 6.75. The van der Waals surface area contributed by atoms with Gasteiger partial charge in [0.05, 0.1) is 5.41 Å². The molecule has 0 bridgehead atoms. The smallest absolute Gasteiger partial charge is 0.420 e. The predicted molar refractivity (Wildman–Crippen MR) is 73.0 cm³/mol. The van der Waals surface area contributed by atoms with Crippen molar-refractivity contribution in [1.29, 1.82) is 0 Å². The maximum absolute atomic E-state index is 14.5. The quantitative estimate of drug-likeness (QED) is 0.599. The third kappa shape index (κ3) is 3.95. The molecule has 1 aliphatic rings. The average molecular weight is 346 g/mol. The van der Waals surface area contributed by atoms with Gasteiger partial charge in [-0.1, -0.05) is 13.3 Å². The highest BCUT2D eigenvalue weighted by molar-refractivity contribution is 5.76. The first-order valence-corrected chi connectivity index (χ1v) is 7.66. The molecule has 0 amide bonds. The molecule has 136 valence electrons. The van der Waals surface area contributed by atoms with E-state index in [4.69, 9.17) is 9.84 Å². The maximum atomic E-state index is 14.5. The van der Waals surface area contributed by atoms with Gasteiger partial charge in [-0.25, -0.2) is 0 Å². The summed E-state index contributed by atoms with van der Waals surface area (Å²) < 4.78 is 71.8. The number of carbonyl (C=O) groups is 1. The number of alkyl halides is 5. The van der Waals surface area contributed by atoms with Gasteiger partial charge in [-0.3, -0.25) is 4.79 Å². The highest BCUT2D eigenvalue weighted by Crippen LogP contribution is 2.49. The molecule has 3 nitrogen and oxygen atoms in total. The van der Waals surface area contributed by atoms with Crippen LogP contribution in [0.3, 0.4) is 0 Å². The second-order valence-electron chi connectivity index (χ2n) is 6.75. The number of carbonyl (C=O) groups excluding carboxylic acids is 1. The third-order valence-corrected chi connectivity index (χ3v) is 4.65. The number of halogens is 5. The van der Waals surface area contributed by atoms with Gasteiger partial charge in [0.15, 0.2) is 5.60 Å². The summed E-state index contributed by atoms with van der Waals surface area (Å²) in [5, 5.41) is 9.14. The van der Waals surface area contributed by atoms with Crippen molar-refractivity contribution >= 4 is 5.97 Å². The summed E-state index contributed by atoms with van der Waals surface area (Å²) in [5.74, 6) is -5.58. The van der Waals surface area contributed by atoms with E-state index in [1.54, 1.807) is 6.92 Å². The van der Waals surface area contributed by atoms with E-state index in [1.165, 1.54) is 13.8 Å². The van der Waals surface area contributed by atoms with Crippen molar-refractivity contribution in [3.05, 3.63) is 0 Å². The molecule has 0 spiro atoms. The third-order valence-electron chi connectivity index (χ3n) is 4.65. The summed E-state index contributed by atoms with van der Waals surface area (Å²) in [6.45, 7) is 4.60. The van der Waals surface area contributed by atoms with Crippen molar-refractivity contribution in [2.24, 2.45) is 5.41 Å². The SMILES string of the molecule is CCC(C)(C)C(=O)OC1(C(F)(F)C(O)C(F)(F)F)CCCCC1. The Hall–Kier alpha value is -0.920. The lowest BCUT2D eigenvalue weighted by molar-refractivity contribution is -0.321. The first-order valence-electron chi connectivity index (χ1n) is 7.66. The normalized spacial score (nSPS) is 20.9. The number of ether oxygens (including phenoxy) is 1. The monoisotopic (exact) mass is 346 g/mol. The molecule has 8 heteroatoms. The number of esters is 1. The van der Waals surface area contributed by atoms with Gasteiger partial charge in [-0.2, -0.15) is 22.0 Å². The van der Waals surface area contributed by atoms with Crippen molar-refractivity contribution < 1.29 is 36.6 Å². The molecular formula is C15H23F5O3. The first kappa shape index (κ1) is 20.1. The number of aliphatic hydroxyl groups excluding tert-OH is 1. The molecule has 0 aromatic rings. The van der Waals surface area contributed by atoms with Crippen LogP contribution in [-0.4, -0.2) is 34.9 Å². The van der Waals surface area contributed by atoms with E-state index < -0.39 is 48.0 Å². The Bertz CT molecular complexity index is 425. The highest BCUT2D eigenvalue weighted by Gasteiger charge is 2.68. The maximum Gasteiger partial charge on any atom is 0.420 e. The zero-order valence-electron chi connectivity index (χ0n) is 13.5. The van der Waals surface area contributed by atoms with Crippen LogP contribution in [0.2, 0.25) is 0 Å². The molecule has 0 saturated heterocycles. The van der Waals surface area contributed by atoms with Crippen molar-refractivity contribution in [1.82, 2.24) is 0 Å². The zero-order valence-corrected chi connectivity index (χ0v) is 13.5. The Morgan fingerprint density at radius 1 is 1.13 bits per heavy atom. The van der Waals surface area contributed by atoms with E-state index in [1.807, 2.05) is 0 Å². The van der Waals surface area contributed by atoms with Crippen LogP contribution in [0, 0.1) is 5.41 Å². The van der Waals surface area contributed by atoms with Gasteiger partial charge in [0.2, 0.25) is 6.10 Å². The summed E-state index contributed by atoms with van der Waals surface area (Å²) in [6, 6.07) is 0. The number of hydrogen-bond acceptors (Lipinski definition) is 3. The zero-order chi connectivity index (χ0) is 18.1. The summed E-state index contributed by atoms with van der Waals surface area (Å²) in [6.07, 6.45) is -8.91. The fourth-order valence-corrected chi connectivity index (χ4v) is 2.54. The van der Waals surface area contributed by atoms with Gasteiger partial charge in [0.1, 0.15) is 0 Å². The standard InChI is InChI=1S/C15H23F5O3/c1-4-12(2,3)11(22)23-13(8-6-5-7-9-13)14(16,17)10(21)15(18,19)20/h10,21H,4-9H2,1-3H3. The Morgan fingerprint density at radius 3 is 2.00 bits per heavy atom. The summed E-state index contributed by atoms with van der Waals surface area (Å²) in [4.78, 5) is 12.2. The van der Waals surface area contributed by atoms with E-state index in [0.717, 1.165) is 0 Å².